The molecule has 0 bridgehead atoms. The van der Waals surface area contributed by atoms with Crippen LogP contribution in [0.1, 0.15) is 414 Å². The van der Waals surface area contributed by atoms with Crippen molar-refractivity contribution in [2.75, 3.05) is 39.6 Å². The molecule has 0 saturated carbocycles. The van der Waals surface area contributed by atoms with E-state index < -0.39 is 97.5 Å². The molecule has 0 spiro atoms. The molecule has 0 aliphatic rings. The van der Waals surface area contributed by atoms with Gasteiger partial charge in [0.2, 0.25) is 0 Å². The molecule has 0 aromatic rings. The van der Waals surface area contributed by atoms with E-state index in [2.05, 4.69) is 41.5 Å². The zero-order valence-electron chi connectivity index (χ0n) is 64.1. The van der Waals surface area contributed by atoms with Gasteiger partial charge in [-0.25, -0.2) is 9.13 Å². The summed E-state index contributed by atoms with van der Waals surface area (Å²) in [7, 11) is -9.91. The van der Waals surface area contributed by atoms with Crippen LogP contribution in [0.4, 0.5) is 0 Å². The van der Waals surface area contributed by atoms with Crippen LogP contribution in [0.2, 0.25) is 0 Å². The van der Waals surface area contributed by atoms with E-state index in [4.69, 9.17) is 37.0 Å². The lowest BCUT2D eigenvalue weighted by Gasteiger charge is -2.21. The van der Waals surface area contributed by atoms with E-state index in [1.807, 2.05) is 0 Å². The predicted octanol–water partition coefficient (Wildman–Crippen LogP) is 23.5. The van der Waals surface area contributed by atoms with Crippen LogP contribution in [-0.2, 0) is 65.4 Å². The first-order valence-corrected chi connectivity index (χ1v) is 44.0. The van der Waals surface area contributed by atoms with E-state index in [-0.39, 0.29) is 25.7 Å². The molecule has 3 N–H and O–H groups in total. The van der Waals surface area contributed by atoms with Crippen LogP contribution >= 0.6 is 15.6 Å². The Morgan fingerprint density at radius 1 is 0.296 bits per heavy atom. The Kier molecular flexibility index (Phi) is 69.3. The average molecular weight is 1440 g/mol. The Labute approximate surface area is 600 Å². The standard InChI is InChI=1S/C79H154O17P2/c1-7-10-12-14-16-18-29-37-43-49-55-61-76(81)89-67-74(95-78(83)63-57-51-45-39-30-19-17-15-13-11-8-2)69-93-97(85,86)91-65-73(80)66-92-98(87,88)94-70-75(96-79(84)64-58-52-46-40-34-28-22-20-21-25-31-35-41-47-53-59-71(4)5)68-90-77(82)62-56-50-44-38-33-27-24-23-26-32-36-42-48-54-60-72(6)9-3/h71-75,80H,7-70H2,1-6H3,(H,85,86)(H,87,88)/t72?,73-,74+,75+/m0/s1. The fourth-order valence-electron chi connectivity index (χ4n) is 12.2. The number of hydrogen-bond donors (Lipinski definition) is 3. The Balaban J connectivity index is 5.23. The van der Waals surface area contributed by atoms with Crippen molar-refractivity contribution in [3.63, 3.8) is 0 Å². The van der Waals surface area contributed by atoms with Gasteiger partial charge >= 0.3 is 39.5 Å². The van der Waals surface area contributed by atoms with Crippen molar-refractivity contribution >= 4 is 39.5 Å². The van der Waals surface area contributed by atoms with Gasteiger partial charge in [-0.3, -0.25) is 37.3 Å². The van der Waals surface area contributed by atoms with Gasteiger partial charge in [0.05, 0.1) is 26.4 Å². The summed E-state index contributed by atoms with van der Waals surface area (Å²) in [5.74, 6) is -0.457. The smallest absolute Gasteiger partial charge is 0.462 e. The van der Waals surface area contributed by atoms with Gasteiger partial charge in [-0.1, -0.05) is 363 Å². The van der Waals surface area contributed by atoms with Crippen molar-refractivity contribution in [2.45, 2.75) is 432 Å². The van der Waals surface area contributed by atoms with Gasteiger partial charge in [0, 0.05) is 25.7 Å². The Hall–Kier alpha value is -1.94. The number of carbonyl (C=O) groups excluding carboxylic acids is 4. The maximum atomic E-state index is 13.1. The second kappa shape index (κ2) is 70.7. The molecule has 0 heterocycles. The van der Waals surface area contributed by atoms with Gasteiger partial charge in [0.25, 0.3) is 0 Å². The van der Waals surface area contributed by atoms with Gasteiger partial charge in [-0.05, 0) is 37.5 Å². The third-order valence-corrected chi connectivity index (χ3v) is 20.7. The number of aliphatic hydroxyl groups is 1. The van der Waals surface area contributed by atoms with Crippen molar-refractivity contribution in [2.24, 2.45) is 11.8 Å². The van der Waals surface area contributed by atoms with E-state index in [1.54, 1.807) is 0 Å². The maximum absolute atomic E-state index is 13.1. The number of phosphoric ester groups is 2. The van der Waals surface area contributed by atoms with E-state index in [0.717, 1.165) is 102 Å². The third kappa shape index (κ3) is 71.1. The largest absolute Gasteiger partial charge is 0.472 e. The first-order valence-electron chi connectivity index (χ1n) is 41.0. The highest BCUT2D eigenvalue weighted by molar-refractivity contribution is 7.47. The lowest BCUT2D eigenvalue weighted by atomic mass is 9.99. The number of hydrogen-bond acceptors (Lipinski definition) is 15. The summed E-state index contributed by atoms with van der Waals surface area (Å²) in [5, 5.41) is 10.6. The summed E-state index contributed by atoms with van der Waals surface area (Å²) in [6.45, 7) is 9.70. The lowest BCUT2D eigenvalue weighted by molar-refractivity contribution is -0.161. The number of phosphoric acid groups is 2. The fraction of sp³-hybridized carbons (Fsp3) is 0.949. The minimum atomic E-state index is -4.96. The summed E-state index contributed by atoms with van der Waals surface area (Å²) in [5.41, 5.74) is 0. The molecule has 0 aliphatic carbocycles. The molecule has 0 rings (SSSR count). The number of ether oxygens (including phenoxy) is 4. The van der Waals surface area contributed by atoms with Gasteiger partial charge in [-0.15, -0.1) is 0 Å². The van der Waals surface area contributed by atoms with E-state index >= 15 is 0 Å². The van der Waals surface area contributed by atoms with E-state index in [9.17, 15) is 43.2 Å². The number of rotatable bonds is 78. The first kappa shape index (κ1) is 96.1. The van der Waals surface area contributed by atoms with Crippen LogP contribution in [0.25, 0.3) is 0 Å². The third-order valence-electron chi connectivity index (χ3n) is 18.8. The Morgan fingerprint density at radius 3 is 0.776 bits per heavy atom. The van der Waals surface area contributed by atoms with Crippen LogP contribution in [0.15, 0.2) is 0 Å². The zero-order valence-corrected chi connectivity index (χ0v) is 65.9. The van der Waals surface area contributed by atoms with Gasteiger partial charge < -0.3 is 33.8 Å². The minimum Gasteiger partial charge on any atom is -0.462 e. The molecule has 0 aromatic heterocycles. The predicted molar refractivity (Wildman–Crippen MR) is 400 cm³/mol. The quantitative estimate of drug-likeness (QED) is 0.0222. The molecular weight excluding hydrogens is 1280 g/mol. The summed E-state index contributed by atoms with van der Waals surface area (Å²) in [6, 6.07) is 0. The Morgan fingerprint density at radius 2 is 0.520 bits per heavy atom. The van der Waals surface area contributed by atoms with E-state index in [0.29, 0.717) is 25.7 Å². The molecule has 98 heavy (non-hydrogen) atoms. The highest BCUT2D eigenvalue weighted by Gasteiger charge is 2.30. The molecule has 17 nitrogen and oxygen atoms in total. The van der Waals surface area contributed by atoms with Crippen molar-refractivity contribution < 1.29 is 80.2 Å². The van der Waals surface area contributed by atoms with Crippen molar-refractivity contribution in [1.29, 1.82) is 0 Å². The number of aliphatic hydroxyl groups excluding tert-OH is 1. The molecule has 3 unspecified atom stereocenters. The summed E-state index contributed by atoms with van der Waals surface area (Å²) < 4.78 is 68.6. The fourth-order valence-corrected chi connectivity index (χ4v) is 13.7. The molecule has 19 heteroatoms. The summed E-state index contributed by atoms with van der Waals surface area (Å²) in [6.07, 6.45) is 59.5. The summed E-state index contributed by atoms with van der Waals surface area (Å²) in [4.78, 5) is 72.9. The normalized spacial score (nSPS) is 14.2. The lowest BCUT2D eigenvalue weighted by Crippen LogP contribution is -2.30. The number of esters is 4. The van der Waals surface area contributed by atoms with Crippen LogP contribution in [-0.4, -0.2) is 96.7 Å². The second-order valence-corrected chi connectivity index (χ2v) is 32.1. The van der Waals surface area contributed by atoms with Gasteiger partial charge in [-0.2, -0.15) is 0 Å². The van der Waals surface area contributed by atoms with Crippen LogP contribution < -0.4 is 0 Å². The molecule has 0 radical (unpaired) electrons. The van der Waals surface area contributed by atoms with Crippen LogP contribution in [0.5, 0.6) is 0 Å². The second-order valence-electron chi connectivity index (χ2n) is 29.2. The molecule has 0 saturated heterocycles. The highest BCUT2D eigenvalue weighted by atomic mass is 31.2. The molecule has 582 valence electrons. The van der Waals surface area contributed by atoms with Crippen molar-refractivity contribution in [3.05, 3.63) is 0 Å². The van der Waals surface area contributed by atoms with Gasteiger partial charge in [0.15, 0.2) is 12.2 Å². The topological polar surface area (TPSA) is 237 Å². The maximum Gasteiger partial charge on any atom is 0.472 e. The minimum absolute atomic E-state index is 0.107. The first-order chi connectivity index (χ1) is 47.4. The van der Waals surface area contributed by atoms with Crippen LogP contribution in [0, 0.1) is 11.8 Å². The summed E-state index contributed by atoms with van der Waals surface area (Å²) >= 11 is 0. The Bertz CT molecular complexity index is 1890. The zero-order chi connectivity index (χ0) is 72.1. The SMILES string of the molecule is CCCCCCCCCCCCCC(=O)OC[C@H](COP(=O)(O)OC[C@H](O)COP(=O)(O)OC[C@@H](COC(=O)CCCCCCCCCCCCCCCCC(C)CC)OC(=O)CCCCCCCCCCCCCCCCCC(C)C)OC(=O)CCCCCCCCCCCCC. The molecule has 6 atom stereocenters. The van der Waals surface area contributed by atoms with E-state index in [1.165, 1.54) is 231 Å². The molecule has 0 aliphatic heterocycles. The monoisotopic (exact) mass is 1440 g/mol. The highest BCUT2D eigenvalue weighted by Crippen LogP contribution is 2.45. The van der Waals surface area contributed by atoms with Crippen molar-refractivity contribution in [3.8, 4) is 0 Å². The number of unbranched alkanes of at least 4 members (excludes halogenated alkanes) is 47. The molecule has 0 fully saturated rings. The molecule has 0 aromatic carbocycles. The van der Waals surface area contributed by atoms with Crippen LogP contribution in [0.3, 0.4) is 0 Å². The molecule has 0 amide bonds. The number of carbonyl (C=O) groups is 4. The molecular formula is C79H154O17P2. The average Bonchev–Trinajstić information content (AvgIpc) is 0.946. The van der Waals surface area contributed by atoms with Gasteiger partial charge in [0.1, 0.15) is 19.3 Å². The van der Waals surface area contributed by atoms with Crippen molar-refractivity contribution in [1.82, 2.24) is 0 Å².